The average molecular weight is 178 g/mol. The van der Waals surface area contributed by atoms with Gasteiger partial charge in [-0.15, -0.1) is 0 Å². The predicted octanol–water partition coefficient (Wildman–Crippen LogP) is 1.76. The number of aliphatic carboxylic acids is 1. The van der Waals surface area contributed by atoms with Gasteiger partial charge in [-0.1, -0.05) is 30.3 Å². The monoisotopic (exact) mass is 178 g/mol. The van der Waals surface area contributed by atoms with Gasteiger partial charge in [0.1, 0.15) is 0 Å². The maximum Gasteiger partial charge on any atom is 0.370 e. The van der Waals surface area contributed by atoms with E-state index in [2.05, 4.69) is 0 Å². The molecule has 0 saturated carbocycles. The Bertz CT molecular complexity index is 314. The summed E-state index contributed by atoms with van der Waals surface area (Å²) in [6.45, 7) is 0. The van der Waals surface area contributed by atoms with Crippen molar-refractivity contribution in [2.75, 3.05) is 0 Å². The number of carboxylic acids is 1. The molecule has 1 rings (SSSR count). The van der Waals surface area contributed by atoms with Crippen molar-refractivity contribution in [1.82, 2.24) is 0 Å². The molecule has 3 heteroatoms. The van der Waals surface area contributed by atoms with Gasteiger partial charge in [0.25, 0.3) is 0 Å². The van der Waals surface area contributed by atoms with Crippen LogP contribution in [-0.2, 0) is 11.2 Å². The van der Waals surface area contributed by atoms with Crippen molar-refractivity contribution >= 4 is 5.97 Å². The number of hydrogen-bond donors (Lipinski definition) is 2. The van der Waals surface area contributed by atoms with Crippen LogP contribution in [0.5, 0.6) is 0 Å². The summed E-state index contributed by atoms with van der Waals surface area (Å²) < 4.78 is 0. The Morgan fingerprint density at radius 3 is 2.38 bits per heavy atom. The third-order valence-electron chi connectivity index (χ3n) is 1.59. The van der Waals surface area contributed by atoms with Crippen LogP contribution in [0.4, 0.5) is 0 Å². The van der Waals surface area contributed by atoms with Gasteiger partial charge in [0.2, 0.25) is 0 Å². The Labute approximate surface area is 76.0 Å². The third-order valence-corrected chi connectivity index (χ3v) is 1.59. The Kier molecular flexibility index (Phi) is 3.09. The zero-order valence-electron chi connectivity index (χ0n) is 6.97. The minimum Gasteiger partial charge on any atom is -0.502 e. The first-order valence-corrected chi connectivity index (χ1v) is 3.86. The highest BCUT2D eigenvalue weighted by Crippen LogP contribution is 2.01. The van der Waals surface area contributed by atoms with E-state index >= 15 is 0 Å². The van der Waals surface area contributed by atoms with Crippen LogP contribution in [0.1, 0.15) is 5.56 Å². The molecule has 0 radical (unpaired) electrons. The summed E-state index contributed by atoms with van der Waals surface area (Å²) in [5, 5.41) is 17.2. The van der Waals surface area contributed by atoms with Gasteiger partial charge in [0.15, 0.2) is 5.76 Å². The van der Waals surface area contributed by atoms with E-state index in [-0.39, 0.29) is 0 Å². The molecule has 0 bridgehead atoms. The van der Waals surface area contributed by atoms with E-state index in [0.29, 0.717) is 6.42 Å². The van der Waals surface area contributed by atoms with E-state index in [1.165, 1.54) is 6.08 Å². The number of rotatable bonds is 3. The fraction of sp³-hybridized carbons (Fsp3) is 0.100. The number of benzene rings is 1. The number of aliphatic hydroxyl groups excluding tert-OH is 1. The third kappa shape index (κ3) is 2.99. The molecule has 0 aliphatic carbocycles. The normalized spacial score (nSPS) is 11.2. The lowest BCUT2D eigenvalue weighted by Gasteiger charge is -1.95. The summed E-state index contributed by atoms with van der Waals surface area (Å²) >= 11 is 0. The quantitative estimate of drug-likeness (QED) is 0.547. The SMILES string of the molecule is O=C(O)C(O)=CCc1ccccc1. The summed E-state index contributed by atoms with van der Waals surface area (Å²) in [7, 11) is 0. The van der Waals surface area contributed by atoms with Crippen LogP contribution in [-0.4, -0.2) is 16.2 Å². The average Bonchev–Trinajstić information content (AvgIpc) is 2.15. The lowest BCUT2D eigenvalue weighted by atomic mass is 10.1. The molecular formula is C10H10O3. The first kappa shape index (κ1) is 9.32. The second kappa shape index (κ2) is 4.30. The van der Waals surface area contributed by atoms with E-state index < -0.39 is 11.7 Å². The fourth-order valence-corrected chi connectivity index (χ4v) is 0.916. The van der Waals surface area contributed by atoms with E-state index in [1.807, 2.05) is 30.3 Å². The van der Waals surface area contributed by atoms with Gasteiger partial charge < -0.3 is 10.2 Å². The maximum absolute atomic E-state index is 10.2. The molecule has 1 aromatic rings. The standard InChI is InChI=1S/C10H10O3/c11-9(10(12)13)7-6-8-4-2-1-3-5-8/h1-5,7,11H,6H2,(H,12,13). The molecule has 68 valence electrons. The van der Waals surface area contributed by atoms with Crippen molar-refractivity contribution in [1.29, 1.82) is 0 Å². The van der Waals surface area contributed by atoms with E-state index in [9.17, 15) is 4.79 Å². The molecule has 0 fully saturated rings. The van der Waals surface area contributed by atoms with E-state index in [1.54, 1.807) is 0 Å². The van der Waals surface area contributed by atoms with Gasteiger partial charge in [0.05, 0.1) is 0 Å². The molecule has 3 nitrogen and oxygen atoms in total. The molecule has 1 aromatic carbocycles. The molecule has 0 aliphatic rings. The molecule has 0 aliphatic heterocycles. The highest BCUT2D eigenvalue weighted by molar-refractivity contribution is 5.83. The molecule has 0 spiro atoms. The van der Waals surface area contributed by atoms with Crippen LogP contribution < -0.4 is 0 Å². The van der Waals surface area contributed by atoms with Crippen molar-refractivity contribution < 1.29 is 15.0 Å². The highest BCUT2D eigenvalue weighted by atomic mass is 16.4. The van der Waals surface area contributed by atoms with Crippen LogP contribution in [0.25, 0.3) is 0 Å². The van der Waals surface area contributed by atoms with Gasteiger partial charge >= 0.3 is 5.97 Å². The van der Waals surface area contributed by atoms with Crippen LogP contribution in [0, 0.1) is 0 Å². The molecule has 0 saturated heterocycles. The molecule has 0 atom stereocenters. The van der Waals surface area contributed by atoms with Gasteiger partial charge in [-0.05, 0) is 18.1 Å². The lowest BCUT2D eigenvalue weighted by molar-refractivity contribution is -0.135. The molecule has 0 heterocycles. The zero-order valence-corrected chi connectivity index (χ0v) is 6.97. The predicted molar refractivity (Wildman–Crippen MR) is 48.5 cm³/mol. The van der Waals surface area contributed by atoms with Crippen molar-refractivity contribution in [2.45, 2.75) is 6.42 Å². The second-order valence-corrected chi connectivity index (χ2v) is 2.58. The Hall–Kier alpha value is -1.77. The Morgan fingerprint density at radius 2 is 1.85 bits per heavy atom. The summed E-state index contributed by atoms with van der Waals surface area (Å²) in [6, 6.07) is 9.34. The summed E-state index contributed by atoms with van der Waals surface area (Å²) in [5.41, 5.74) is 0.968. The number of carbonyl (C=O) groups is 1. The van der Waals surface area contributed by atoms with Gasteiger partial charge in [-0.25, -0.2) is 4.79 Å². The first-order chi connectivity index (χ1) is 6.20. The molecular weight excluding hydrogens is 168 g/mol. The van der Waals surface area contributed by atoms with Crippen LogP contribution >= 0.6 is 0 Å². The molecule has 13 heavy (non-hydrogen) atoms. The first-order valence-electron chi connectivity index (χ1n) is 3.86. The number of aliphatic hydroxyl groups is 1. The zero-order chi connectivity index (χ0) is 9.68. The molecule has 2 N–H and O–H groups in total. The molecule has 0 unspecified atom stereocenters. The summed E-state index contributed by atoms with van der Waals surface area (Å²) in [4.78, 5) is 10.2. The van der Waals surface area contributed by atoms with Gasteiger partial charge in [0, 0.05) is 0 Å². The molecule has 0 amide bonds. The van der Waals surface area contributed by atoms with E-state index in [0.717, 1.165) is 5.56 Å². The summed E-state index contributed by atoms with van der Waals surface area (Å²) in [6.07, 6.45) is 1.70. The number of hydrogen-bond acceptors (Lipinski definition) is 2. The second-order valence-electron chi connectivity index (χ2n) is 2.58. The number of allylic oxidation sites excluding steroid dienone is 1. The van der Waals surface area contributed by atoms with E-state index in [4.69, 9.17) is 10.2 Å². The summed E-state index contributed by atoms with van der Waals surface area (Å²) in [5.74, 6) is -1.90. The smallest absolute Gasteiger partial charge is 0.370 e. The van der Waals surface area contributed by atoms with Crippen molar-refractivity contribution in [3.63, 3.8) is 0 Å². The van der Waals surface area contributed by atoms with Gasteiger partial charge in [-0.2, -0.15) is 0 Å². The minimum atomic E-state index is -1.30. The van der Waals surface area contributed by atoms with Crippen LogP contribution in [0.2, 0.25) is 0 Å². The largest absolute Gasteiger partial charge is 0.502 e. The maximum atomic E-state index is 10.2. The minimum absolute atomic E-state index is 0.430. The van der Waals surface area contributed by atoms with Crippen molar-refractivity contribution in [3.8, 4) is 0 Å². The highest BCUT2D eigenvalue weighted by Gasteiger charge is 2.01. The fourth-order valence-electron chi connectivity index (χ4n) is 0.916. The lowest BCUT2D eigenvalue weighted by Crippen LogP contribution is -1.99. The number of carboxylic acid groups (broad SMARTS) is 1. The van der Waals surface area contributed by atoms with Crippen molar-refractivity contribution in [3.05, 3.63) is 47.7 Å². The van der Waals surface area contributed by atoms with Gasteiger partial charge in [-0.3, -0.25) is 0 Å². The van der Waals surface area contributed by atoms with Crippen molar-refractivity contribution in [2.24, 2.45) is 0 Å². The Balaban J connectivity index is 2.62. The van der Waals surface area contributed by atoms with Crippen LogP contribution in [0.15, 0.2) is 42.2 Å². The molecule has 0 aromatic heterocycles. The Morgan fingerprint density at radius 1 is 1.23 bits per heavy atom. The van der Waals surface area contributed by atoms with Crippen LogP contribution in [0.3, 0.4) is 0 Å². The topological polar surface area (TPSA) is 57.5 Å².